The normalized spacial score (nSPS) is 15.1. The average Bonchev–Trinajstić information content (AvgIpc) is 2.99. The predicted octanol–water partition coefficient (Wildman–Crippen LogP) is 4.81. The van der Waals surface area contributed by atoms with Crippen LogP contribution in [0.1, 0.15) is 12.8 Å². The zero-order valence-electron chi connectivity index (χ0n) is 17.1. The van der Waals surface area contributed by atoms with Gasteiger partial charge in [0.05, 0.1) is 19.3 Å². The van der Waals surface area contributed by atoms with Crippen molar-refractivity contribution < 1.29 is 74.6 Å². The number of hydrogen-bond donors (Lipinski definition) is 1. The van der Waals surface area contributed by atoms with Crippen LogP contribution in [0.2, 0.25) is 0 Å². The molecule has 1 heterocycles. The Bertz CT molecular complexity index is 991. The minimum absolute atomic E-state index is 0.0693. The number of nitrogens with zero attached hydrogens (tertiary/aromatic N) is 2. The fraction of sp³-hybridized carbons (Fsp3) is 0.800. The number of rotatable bonds is 12. The molecule has 0 radical (unpaired) electrons. The van der Waals surface area contributed by atoms with Crippen LogP contribution in [0.3, 0.4) is 0 Å². The van der Waals surface area contributed by atoms with Gasteiger partial charge in [0.15, 0.2) is 0 Å². The summed E-state index contributed by atoms with van der Waals surface area (Å²) in [6.45, 7) is -0.174. The number of aromatic nitrogens is 2. The molecule has 0 unspecified atom stereocenters. The van der Waals surface area contributed by atoms with Gasteiger partial charge < -0.3 is 0 Å². The van der Waals surface area contributed by atoms with E-state index in [9.17, 15) is 65.5 Å². The fourth-order valence-electron chi connectivity index (χ4n) is 2.51. The van der Waals surface area contributed by atoms with E-state index in [0.29, 0.717) is 0 Å². The van der Waals surface area contributed by atoms with Crippen molar-refractivity contribution in [1.82, 2.24) is 4.57 Å². The summed E-state index contributed by atoms with van der Waals surface area (Å²) < 4.78 is 203. The van der Waals surface area contributed by atoms with Crippen LogP contribution < -0.4 is 4.57 Å². The van der Waals surface area contributed by atoms with Crippen molar-refractivity contribution in [3.63, 3.8) is 0 Å². The maximum atomic E-state index is 13.9. The van der Waals surface area contributed by atoms with Crippen LogP contribution in [0, 0.1) is 0 Å². The van der Waals surface area contributed by atoms with Gasteiger partial charge in [-0.1, -0.05) is 0 Å². The molecule has 1 aromatic heterocycles. The van der Waals surface area contributed by atoms with Gasteiger partial charge >= 0.3 is 40.9 Å². The second-order valence-corrected chi connectivity index (χ2v) is 9.76. The molecule has 0 aromatic carbocycles. The van der Waals surface area contributed by atoms with E-state index in [1.54, 1.807) is 0 Å². The molecule has 35 heavy (non-hydrogen) atoms. The third-order valence-corrected chi connectivity index (χ3v) is 6.46. The van der Waals surface area contributed by atoms with Crippen LogP contribution in [-0.2, 0) is 23.7 Å². The topological polar surface area (TPSA) is 63.2 Å². The van der Waals surface area contributed by atoms with Gasteiger partial charge in [0, 0.05) is 18.6 Å². The molecule has 206 valence electrons. The van der Waals surface area contributed by atoms with E-state index in [2.05, 4.69) is 0 Å². The van der Waals surface area contributed by atoms with E-state index >= 15 is 0 Å². The number of imidazole rings is 1. The van der Waals surface area contributed by atoms with Gasteiger partial charge in [0.1, 0.15) is 12.4 Å². The van der Waals surface area contributed by atoms with Crippen LogP contribution in [0.4, 0.5) is 57.1 Å². The summed E-state index contributed by atoms with van der Waals surface area (Å²) in [5.41, 5.74) is 0. The van der Waals surface area contributed by atoms with Gasteiger partial charge in [-0.25, -0.2) is 9.13 Å². The molecule has 0 spiro atoms. The van der Waals surface area contributed by atoms with E-state index < -0.39 is 63.8 Å². The van der Waals surface area contributed by atoms with Crippen LogP contribution >= 0.6 is 11.8 Å². The Morgan fingerprint density at radius 2 is 1.37 bits per heavy atom. The highest BCUT2D eigenvalue weighted by atomic mass is 32.2. The van der Waals surface area contributed by atoms with Crippen LogP contribution in [-0.4, -0.2) is 64.8 Å². The minimum atomic E-state index is -7.94. The third kappa shape index (κ3) is 6.11. The minimum Gasteiger partial charge on any atom is -0.286 e. The smallest absolute Gasteiger partial charge is 0.286 e. The SMILES string of the molecule is C[n+]1ccn(CCCS(=O)(=O)O)c1SCCC(F)(F)C(F)(F)C(F)(F)C(F)(F)C(F)(F)C(F)(F)F. The number of aryl methyl sites for hydroxylation is 2. The van der Waals surface area contributed by atoms with Crippen molar-refractivity contribution >= 4 is 21.9 Å². The van der Waals surface area contributed by atoms with Crippen molar-refractivity contribution in [2.75, 3.05) is 11.5 Å². The number of halogens is 13. The number of hydrogen-bond acceptors (Lipinski definition) is 3. The summed E-state index contributed by atoms with van der Waals surface area (Å²) >= 11 is 0.249. The third-order valence-electron chi connectivity index (χ3n) is 4.46. The van der Waals surface area contributed by atoms with E-state index in [0.717, 1.165) is 0 Å². The molecule has 5 nitrogen and oxygen atoms in total. The van der Waals surface area contributed by atoms with Gasteiger partial charge in [-0.2, -0.15) is 65.5 Å². The van der Waals surface area contributed by atoms with E-state index in [1.807, 2.05) is 0 Å². The van der Waals surface area contributed by atoms with E-state index in [1.165, 1.54) is 28.6 Å². The Morgan fingerprint density at radius 3 is 1.83 bits per heavy atom. The van der Waals surface area contributed by atoms with Gasteiger partial charge in [0.25, 0.3) is 10.1 Å². The average molecular weight is 583 g/mol. The molecule has 0 bridgehead atoms. The first kappa shape index (κ1) is 31.6. The van der Waals surface area contributed by atoms with Gasteiger partial charge in [0.2, 0.25) is 0 Å². The zero-order valence-corrected chi connectivity index (χ0v) is 18.7. The maximum Gasteiger partial charge on any atom is 0.460 e. The van der Waals surface area contributed by atoms with E-state index in [-0.39, 0.29) is 29.9 Å². The second kappa shape index (κ2) is 9.79. The van der Waals surface area contributed by atoms with Crippen molar-refractivity contribution in [3.05, 3.63) is 12.4 Å². The van der Waals surface area contributed by atoms with Gasteiger partial charge in [-0.15, -0.1) is 0 Å². The quantitative estimate of drug-likeness (QED) is 0.166. The lowest BCUT2D eigenvalue weighted by atomic mass is 9.93. The molecule has 0 aliphatic heterocycles. The molecule has 0 atom stereocenters. The molecule has 0 fully saturated rings. The monoisotopic (exact) mass is 583 g/mol. The first-order chi connectivity index (χ1) is 15.3. The molecular formula is C15H16F13N2O3S2+. The fourth-order valence-corrected chi connectivity index (χ4v) is 4.13. The molecule has 20 heteroatoms. The maximum absolute atomic E-state index is 13.9. The molecule has 0 aliphatic carbocycles. The summed E-state index contributed by atoms with van der Waals surface area (Å²) in [6, 6.07) is 0. The summed E-state index contributed by atoms with van der Waals surface area (Å²) in [7, 11) is -3.08. The molecular weight excluding hydrogens is 567 g/mol. The lowest BCUT2D eigenvalue weighted by Gasteiger charge is -2.39. The summed E-state index contributed by atoms with van der Waals surface area (Å²) in [6.07, 6.45) is -7.53. The first-order valence-corrected chi connectivity index (χ1v) is 11.5. The second-order valence-electron chi connectivity index (χ2n) is 7.12. The Labute approximate surface area is 193 Å². The predicted molar refractivity (Wildman–Crippen MR) is 92.8 cm³/mol. The van der Waals surface area contributed by atoms with Crippen molar-refractivity contribution in [2.24, 2.45) is 7.05 Å². The molecule has 0 amide bonds. The van der Waals surface area contributed by atoms with Crippen molar-refractivity contribution in [1.29, 1.82) is 0 Å². The van der Waals surface area contributed by atoms with Gasteiger partial charge in [-0.05, 0) is 11.8 Å². The summed E-state index contributed by atoms with van der Waals surface area (Å²) in [5.74, 6) is -39.0. The van der Waals surface area contributed by atoms with Crippen molar-refractivity contribution in [3.8, 4) is 0 Å². The van der Waals surface area contributed by atoms with Gasteiger partial charge in [-0.3, -0.25) is 4.55 Å². The molecule has 1 aromatic rings. The highest BCUT2D eigenvalue weighted by molar-refractivity contribution is 7.99. The lowest BCUT2D eigenvalue weighted by Crippen LogP contribution is -2.70. The molecule has 0 saturated heterocycles. The highest BCUT2D eigenvalue weighted by Gasteiger charge is 2.90. The number of thioether (sulfide) groups is 1. The van der Waals surface area contributed by atoms with Crippen LogP contribution in [0.15, 0.2) is 17.6 Å². The highest BCUT2D eigenvalue weighted by Crippen LogP contribution is 2.60. The molecule has 0 saturated carbocycles. The molecule has 0 aliphatic rings. The summed E-state index contributed by atoms with van der Waals surface area (Å²) in [4.78, 5) is 0. The molecule has 1 N–H and O–H groups in total. The van der Waals surface area contributed by atoms with Crippen LogP contribution in [0.5, 0.6) is 0 Å². The van der Waals surface area contributed by atoms with Crippen molar-refractivity contribution in [2.45, 2.75) is 60.3 Å². The number of alkyl halides is 13. The van der Waals surface area contributed by atoms with E-state index in [4.69, 9.17) is 4.55 Å². The lowest BCUT2D eigenvalue weighted by molar-refractivity contribution is -0.709. The standard InChI is InChI=1S/C15H15F13N2O3S2/c1-29-5-6-30(4-2-8-35(31,32)33)9(29)34-7-3-10(16,17)11(18,19)12(20,21)13(22,23)14(24,25)15(26,27)28/h5-6H,2-4,7-8H2,1H3/p+1. The Kier molecular flexibility index (Phi) is 8.83. The molecule has 1 rings (SSSR count). The zero-order chi connectivity index (χ0) is 27.9. The summed E-state index contributed by atoms with van der Waals surface area (Å²) in [5, 5.41) is -0.0693. The Balaban J connectivity index is 3.07. The largest absolute Gasteiger partial charge is 0.460 e. The Hall–Kier alpha value is -1.44. The first-order valence-electron chi connectivity index (χ1n) is 8.92. The Morgan fingerprint density at radius 1 is 0.886 bits per heavy atom. The van der Waals surface area contributed by atoms with Crippen LogP contribution in [0.25, 0.3) is 0 Å².